The summed E-state index contributed by atoms with van der Waals surface area (Å²) in [4.78, 5) is 22.0. The van der Waals surface area contributed by atoms with Crippen LogP contribution in [0.4, 0.5) is 0 Å². The van der Waals surface area contributed by atoms with Gasteiger partial charge in [0.15, 0.2) is 4.67 Å². The van der Waals surface area contributed by atoms with E-state index in [1.54, 1.807) is 0 Å². The normalized spacial score (nSPS) is 20.7. The van der Waals surface area contributed by atoms with E-state index in [4.69, 9.17) is 9.52 Å². The Kier molecular flexibility index (Phi) is 3.89. The Morgan fingerprint density at radius 1 is 1.60 bits per heavy atom. The molecule has 2 N–H and O–H groups in total. The van der Waals surface area contributed by atoms with Gasteiger partial charge in [-0.15, -0.1) is 0 Å². The topological polar surface area (TPSA) is 117 Å². The van der Waals surface area contributed by atoms with E-state index in [0.29, 0.717) is 0 Å². The molecule has 1 aromatic rings. The molecule has 1 aromatic heterocycles. The first kappa shape index (κ1) is 15.0. The van der Waals surface area contributed by atoms with Crippen LogP contribution in [-0.2, 0) is 14.8 Å². The van der Waals surface area contributed by atoms with Gasteiger partial charge >= 0.3 is 5.97 Å². The van der Waals surface area contributed by atoms with Gasteiger partial charge in [0, 0.05) is 19.2 Å². The summed E-state index contributed by atoms with van der Waals surface area (Å²) in [5.74, 6) is -2.28. The van der Waals surface area contributed by atoms with Gasteiger partial charge < -0.3 is 14.8 Å². The zero-order valence-corrected chi connectivity index (χ0v) is 12.7. The molecule has 1 aliphatic rings. The number of carboxylic acids is 1. The number of hydrogen-bond donors (Lipinski definition) is 2. The predicted octanol–water partition coefficient (Wildman–Crippen LogP) is 0.249. The van der Waals surface area contributed by atoms with Crippen molar-refractivity contribution in [2.45, 2.75) is 17.9 Å². The Labute approximate surface area is 122 Å². The molecular weight excluding hydrogens is 356 g/mol. The minimum Gasteiger partial charge on any atom is -0.475 e. The molecule has 1 unspecified atom stereocenters. The van der Waals surface area contributed by atoms with Crippen molar-refractivity contribution in [1.82, 2.24) is 9.62 Å². The van der Waals surface area contributed by atoms with Crippen LogP contribution >= 0.6 is 15.9 Å². The highest BCUT2D eigenvalue weighted by atomic mass is 79.9. The number of aromatic carboxylic acids is 1. The van der Waals surface area contributed by atoms with Crippen LogP contribution in [0.1, 0.15) is 17.5 Å². The summed E-state index contributed by atoms with van der Waals surface area (Å²) in [5, 5.41) is 11.4. The number of rotatable bonds is 3. The van der Waals surface area contributed by atoms with E-state index in [-0.39, 0.29) is 22.7 Å². The monoisotopic (exact) mass is 366 g/mol. The quantitative estimate of drug-likeness (QED) is 0.791. The van der Waals surface area contributed by atoms with Gasteiger partial charge in [0.05, 0.1) is 0 Å². The first-order valence-corrected chi connectivity index (χ1v) is 7.80. The first-order valence-electron chi connectivity index (χ1n) is 5.57. The summed E-state index contributed by atoms with van der Waals surface area (Å²) in [5.41, 5.74) is 0. The third-order valence-electron chi connectivity index (χ3n) is 2.90. The van der Waals surface area contributed by atoms with Gasteiger partial charge in [-0.3, -0.25) is 4.79 Å². The molecule has 1 atom stereocenters. The molecule has 20 heavy (non-hydrogen) atoms. The Balaban J connectivity index is 2.44. The molecule has 8 nitrogen and oxygen atoms in total. The van der Waals surface area contributed by atoms with Gasteiger partial charge in [-0.25, -0.2) is 13.2 Å². The smallest absolute Gasteiger partial charge is 0.371 e. The molecule has 0 radical (unpaired) electrons. The van der Waals surface area contributed by atoms with E-state index in [2.05, 4.69) is 21.2 Å². The van der Waals surface area contributed by atoms with Gasteiger partial charge in [-0.2, -0.15) is 4.31 Å². The highest BCUT2D eigenvalue weighted by Crippen LogP contribution is 2.30. The van der Waals surface area contributed by atoms with Crippen LogP contribution in [0.5, 0.6) is 0 Å². The number of nitrogens with one attached hydrogen (secondary N) is 1. The summed E-state index contributed by atoms with van der Waals surface area (Å²) in [6.45, 7) is 1.76. The molecule has 1 aliphatic heterocycles. The Morgan fingerprint density at radius 2 is 2.25 bits per heavy atom. The van der Waals surface area contributed by atoms with Crippen molar-refractivity contribution in [3.63, 3.8) is 0 Å². The van der Waals surface area contributed by atoms with Gasteiger partial charge in [0.25, 0.3) is 0 Å². The molecule has 2 rings (SSSR count). The summed E-state index contributed by atoms with van der Waals surface area (Å²) < 4.78 is 30.6. The average molecular weight is 367 g/mol. The van der Waals surface area contributed by atoms with Crippen LogP contribution in [-0.4, -0.2) is 48.8 Å². The van der Waals surface area contributed by atoms with Gasteiger partial charge in [0.1, 0.15) is 10.9 Å². The first-order chi connectivity index (χ1) is 9.25. The highest BCUT2D eigenvalue weighted by molar-refractivity contribution is 9.10. The van der Waals surface area contributed by atoms with Crippen LogP contribution in [0.15, 0.2) is 20.0 Å². The second-order valence-corrected chi connectivity index (χ2v) is 6.72. The fourth-order valence-corrected chi connectivity index (χ4v) is 4.35. The van der Waals surface area contributed by atoms with Gasteiger partial charge in [0.2, 0.25) is 21.7 Å². The number of amides is 1. The lowest BCUT2D eigenvalue weighted by Gasteiger charge is -2.31. The van der Waals surface area contributed by atoms with Crippen molar-refractivity contribution in [3.8, 4) is 0 Å². The zero-order chi connectivity index (χ0) is 15.1. The molecule has 10 heteroatoms. The molecule has 110 valence electrons. The van der Waals surface area contributed by atoms with E-state index in [1.807, 2.05) is 0 Å². The van der Waals surface area contributed by atoms with Crippen molar-refractivity contribution in [2.24, 2.45) is 0 Å². The molecule has 0 spiro atoms. The molecule has 0 aromatic carbocycles. The number of hydrogen-bond acceptors (Lipinski definition) is 5. The van der Waals surface area contributed by atoms with Gasteiger partial charge in [-0.05, 0) is 22.9 Å². The minimum absolute atomic E-state index is 0.106. The predicted molar refractivity (Wildman–Crippen MR) is 69.7 cm³/mol. The SMILES string of the molecule is CC1C(=O)NCCN1S(=O)(=O)c1cc(C(=O)O)oc1Br. The molecule has 0 saturated carbocycles. The van der Waals surface area contributed by atoms with Crippen LogP contribution in [0.3, 0.4) is 0 Å². The minimum atomic E-state index is -4.02. The molecule has 1 amide bonds. The van der Waals surface area contributed by atoms with E-state index in [0.717, 1.165) is 10.4 Å². The molecule has 2 heterocycles. The fourth-order valence-electron chi connectivity index (χ4n) is 1.85. The van der Waals surface area contributed by atoms with Crippen LogP contribution < -0.4 is 5.32 Å². The van der Waals surface area contributed by atoms with Crippen LogP contribution in [0.2, 0.25) is 0 Å². The van der Waals surface area contributed by atoms with Crippen molar-refractivity contribution in [1.29, 1.82) is 0 Å². The summed E-state index contributed by atoms with van der Waals surface area (Å²) in [6.07, 6.45) is 0. The molecule has 1 saturated heterocycles. The number of carboxylic acid groups (broad SMARTS) is 1. The maximum absolute atomic E-state index is 12.5. The maximum atomic E-state index is 12.5. The van der Waals surface area contributed by atoms with E-state index in [9.17, 15) is 18.0 Å². The summed E-state index contributed by atoms with van der Waals surface area (Å²) >= 11 is 2.89. The lowest BCUT2D eigenvalue weighted by atomic mass is 10.2. The third-order valence-corrected chi connectivity index (χ3v) is 5.72. The standard InChI is InChI=1S/C10H11BrN2O6S/c1-5-9(14)12-2-3-13(5)20(17,18)7-4-6(10(15)16)19-8(7)11/h4-5H,2-3H2,1H3,(H,12,14)(H,15,16). The Morgan fingerprint density at radius 3 is 2.80 bits per heavy atom. The van der Waals surface area contributed by atoms with Crippen molar-refractivity contribution in [2.75, 3.05) is 13.1 Å². The Bertz CT molecular complexity index is 667. The number of carbonyl (C=O) groups excluding carboxylic acids is 1. The number of halogens is 1. The van der Waals surface area contributed by atoms with E-state index >= 15 is 0 Å². The fraction of sp³-hybridized carbons (Fsp3) is 0.400. The number of nitrogens with zero attached hydrogens (tertiary/aromatic N) is 1. The van der Waals surface area contributed by atoms with E-state index in [1.165, 1.54) is 6.92 Å². The average Bonchev–Trinajstić information content (AvgIpc) is 2.75. The van der Waals surface area contributed by atoms with Gasteiger partial charge in [-0.1, -0.05) is 0 Å². The number of sulfonamides is 1. The number of piperazine rings is 1. The summed E-state index contributed by atoms with van der Waals surface area (Å²) in [7, 11) is -4.02. The largest absolute Gasteiger partial charge is 0.475 e. The second-order valence-electron chi connectivity index (χ2n) is 4.14. The summed E-state index contributed by atoms with van der Waals surface area (Å²) in [6, 6.07) is 0.0462. The zero-order valence-electron chi connectivity index (χ0n) is 10.3. The van der Waals surface area contributed by atoms with Crippen LogP contribution in [0, 0.1) is 0 Å². The lowest BCUT2D eigenvalue weighted by Crippen LogP contribution is -2.55. The lowest BCUT2D eigenvalue weighted by molar-refractivity contribution is -0.126. The molecule has 0 aliphatic carbocycles. The number of carbonyl (C=O) groups is 2. The van der Waals surface area contributed by atoms with Crippen molar-refractivity contribution < 1.29 is 27.5 Å². The van der Waals surface area contributed by atoms with E-state index < -0.39 is 33.7 Å². The molecular formula is C10H11BrN2O6S. The van der Waals surface area contributed by atoms with Crippen LogP contribution in [0.25, 0.3) is 0 Å². The second kappa shape index (κ2) is 5.19. The van der Waals surface area contributed by atoms with Crippen molar-refractivity contribution in [3.05, 3.63) is 16.5 Å². The molecule has 1 fully saturated rings. The third kappa shape index (κ3) is 2.45. The molecule has 0 bridgehead atoms. The van der Waals surface area contributed by atoms with Crippen molar-refractivity contribution >= 4 is 37.8 Å². The highest BCUT2D eigenvalue weighted by Gasteiger charge is 2.38. The number of furan rings is 1. The Hall–Kier alpha value is -1.39. The maximum Gasteiger partial charge on any atom is 0.371 e.